The molecule has 2 aromatic rings. The third-order valence-corrected chi connectivity index (χ3v) is 3.68. The maximum absolute atomic E-state index is 5.87. The average molecular weight is 275 g/mol. The van der Waals surface area contributed by atoms with Crippen LogP contribution in [0.25, 0.3) is 10.8 Å². The van der Waals surface area contributed by atoms with Gasteiger partial charge in [0, 0.05) is 17.2 Å². The molecular formula is C16H21NOS. The lowest BCUT2D eigenvalue weighted by molar-refractivity contribution is 0.307. The minimum atomic E-state index is 0.209. The number of hydrogen-bond acceptors (Lipinski definition) is 3. The van der Waals surface area contributed by atoms with Gasteiger partial charge in [-0.05, 0) is 30.7 Å². The van der Waals surface area contributed by atoms with E-state index in [-0.39, 0.29) is 6.04 Å². The number of benzene rings is 2. The van der Waals surface area contributed by atoms with E-state index in [1.54, 1.807) is 0 Å². The Hall–Kier alpha value is -1.19. The van der Waals surface area contributed by atoms with Gasteiger partial charge in [0.05, 0.1) is 6.61 Å². The second kappa shape index (κ2) is 7.41. The first kappa shape index (κ1) is 14.2. The molecule has 0 radical (unpaired) electrons. The van der Waals surface area contributed by atoms with Gasteiger partial charge in [0.1, 0.15) is 5.75 Å². The fourth-order valence-electron chi connectivity index (χ4n) is 2.10. The van der Waals surface area contributed by atoms with Crippen LogP contribution in [0.2, 0.25) is 0 Å². The van der Waals surface area contributed by atoms with E-state index in [0.717, 1.165) is 37.4 Å². The number of ether oxygens (including phenoxy) is 1. The van der Waals surface area contributed by atoms with Crippen LogP contribution in [0.4, 0.5) is 0 Å². The molecule has 2 rings (SSSR count). The minimum absolute atomic E-state index is 0.209. The predicted molar refractivity (Wildman–Crippen MR) is 85.1 cm³/mol. The standard InChI is InChI=1S/C16H21NOS/c17-14(12-19)8-3-4-11-18-16-10-5-7-13-6-1-2-9-15(13)16/h1-2,5-7,9-10,14,19H,3-4,8,11-12,17H2/t14-/m0/s1. The van der Waals surface area contributed by atoms with Crippen LogP contribution in [0.15, 0.2) is 42.5 Å². The minimum Gasteiger partial charge on any atom is -0.493 e. The van der Waals surface area contributed by atoms with Gasteiger partial charge in [-0.25, -0.2) is 0 Å². The van der Waals surface area contributed by atoms with E-state index in [1.807, 2.05) is 24.3 Å². The fraction of sp³-hybridized carbons (Fsp3) is 0.375. The van der Waals surface area contributed by atoms with Crippen molar-refractivity contribution in [2.45, 2.75) is 25.3 Å². The maximum Gasteiger partial charge on any atom is 0.127 e. The van der Waals surface area contributed by atoms with E-state index in [9.17, 15) is 0 Å². The monoisotopic (exact) mass is 275 g/mol. The van der Waals surface area contributed by atoms with E-state index >= 15 is 0 Å². The van der Waals surface area contributed by atoms with Gasteiger partial charge in [0.2, 0.25) is 0 Å². The van der Waals surface area contributed by atoms with Crippen LogP contribution in [-0.2, 0) is 0 Å². The van der Waals surface area contributed by atoms with Crippen LogP contribution >= 0.6 is 12.6 Å². The molecule has 0 fully saturated rings. The molecule has 0 aliphatic rings. The molecule has 19 heavy (non-hydrogen) atoms. The SMILES string of the molecule is N[C@H](CS)CCCCOc1cccc2ccccc12. The number of hydrogen-bond donors (Lipinski definition) is 2. The molecule has 0 bridgehead atoms. The first-order valence-electron chi connectivity index (χ1n) is 6.78. The molecule has 2 aromatic carbocycles. The predicted octanol–water partition coefficient (Wildman–Crippen LogP) is 3.65. The Morgan fingerprint density at radius 2 is 1.84 bits per heavy atom. The summed E-state index contributed by atoms with van der Waals surface area (Å²) >= 11 is 4.18. The van der Waals surface area contributed by atoms with E-state index in [2.05, 4.69) is 30.8 Å². The van der Waals surface area contributed by atoms with Crippen molar-refractivity contribution in [3.63, 3.8) is 0 Å². The Labute approximate surface area is 120 Å². The number of thiol groups is 1. The van der Waals surface area contributed by atoms with Gasteiger partial charge in [-0.1, -0.05) is 36.4 Å². The summed E-state index contributed by atoms with van der Waals surface area (Å²) in [6.45, 7) is 0.743. The van der Waals surface area contributed by atoms with E-state index in [4.69, 9.17) is 10.5 Å². The zero-order valence-electron chi connectivity index (χ0n) is 11.1. The van der Waals surface area contributed by atoms with Gasteiger partial charge in [0.15, 0.2) is 0 Å². The van der Waals surface area contributed by atoms with Crippen molar-refractivity contribution in [3.05, 3.63) is 42.5 Å². The zero-order valence-corrected chi connectivity index (χ0v) is 12.0. The van der Waals surface area contributed by atoms with E-state index < -0.39 is 0 Å². The summed E-state index contributed by atoms with van der Waals surface area (Å²) in [6, 6.07) is 14.7. The smallest absolute Gasteiger partial charge is 0.127 e. The van der Waals surface area contributed by atoms with Crippen molar-refractivity contribution in [1.82, 2.24) is 0 Å². The molecule has 2 N–H and O–H groups in total. The van der Waals surface area contributed by atoms with Gasteiger partial charge >= 0.3 is 0 Å². The molecule has 0 unspecified atom stereocenters. The van der Waals surface area contributed by atoms with Crippen LogP contribution in [-0.4, -0.2) is 18.4 Å². The number of fused-ring (bicyclic) bond motifs is 1. The Bertz CT molecular complexity index is 510. The summed E-state index contributed by atoms with van der Waals surface area (Å²) in [7, 11) is 0. The molecule has 1 atom stereocenters. The van der Waals surface area contributed by atoms with Crippen LogP contribution in [0.3, 0.4) is 0 Å². The second-order valence-corrected chi connectivity index (χ2v) is 5.13. The summed E-state index contributed by atoms with van der Waals surface area (Å²) < 4.78 is 5.87. The molecule has 3 heteroatoms. The number of rotatable bonds is 7. The Morgan fingerprint density at radius 3 is 2.68 bits per heavy atom. The lowest BCUT2D eigenvalue weighted by atomic mass is 10.1. The molecule has 0 aromatic heterocycles. The lowest BCUT2D eigenvalue weighted by Crippen LogP contribution is -2.21. The van der Waals surface area contributed by atoms with Crippen LogP contribution in [0.1, 0.15) is 19.3 Å². The van der Waals surface area contributed by atoms with Gasteiger partial charge in [-0.15, -0.1) is 0 Å². The summed E-state index contributed by atoms with van der Waals surface area (Å²) in [6.07, 6.45) is 3.14. The largest absolute Gasteiger partial charge is 0.493 e. The summed E-state index contributed by atoms with van der Waals surface area (Å²) in [5.41, 5.74) is 5.82. The highest BCUT2D eigenvalue weighted by Crippen LogP contribution is 2.25. The van der Waals surface area contributed by atoms with Gasteiger partial charge in [-0.2, -0.15) is 12.6 Å². The van der Waals surface area contributed by atoms with Gasteiger partial charge in [-0.3, -0.25) is 0 Å². The van der Waals surface area contributed by atoms with Crippen molar-refractivity contribution < 1.29 is 4.74 Å². The van der Waals surface area contributed by atoms with Crippen molar-refractivity contribution in [2.75, 3.05) is 12.4 Å². The number of unbranched alkanes of at least 4 members (excludes halogenated alkanes) is 1. The molecule has 0 saturated heterocycles. The summed E-state index contributed by atoms with van der Waals surface area (Å²) in [4.78, 5) is 0. The molecule has 0 amide bonds. The second-order valence-electron chi connectivity index (χ2n) is 4.76. The molecule has 0 saturated carbocycles. The third-order valence-electron chi connectivity index (χ3n) is 3.21. The van der Waals surface area contributed by atoms with Crippen molar-refractivity contribution in [1.29, 1.82) is 0 Å². The highest BCUT2D eigenvalue weighted by atomic mass is 32.1. The summed E-state index contributed by atoms with van der Waals surface area (Å²) in [5.74, 6) is 1.72. The van der Waals surface area contributed by atoms with Crippen molar-refractivity contribution >= 4 is 23.4 Å². The van der Waals surface area contributed by atoms with Crippen LogP contribution in [0.5, 0.6) is 5.75 Å². The van der Waals surface area contributed by atoms with Crippen LogP contribution in [0, 0.1) is 0 Å². The van der Waals surface area contributed by atoms with Crippen molar-refractivity contribution in [3.8, 4) is 5.75 Å². The average Bonchev–Trinajstić information content (AvgIpc) is 2.46. The quantitative estimate of drug-likeness (QED) is 0.597. The number of nitrogens with two attached hydrogens (primary N) is 1. The molecule has 0 heterocycles. The first-order valence-corrected chi connectivity index (χ1v) is 7.41. The fourth-order valence-corrected chi connectivity index (χ4v) is 2.29. The molecule has 0 aliphatic heterocycles. The molecule has 0 spiro atoms. The van der Waals surface area contributed by atoms with Gasteiger partial charge < -0.3 is 10.5 Å². The van der Waals surface area contributed by atoms with Crippen molar-refractivity contribution in [2.24, 2.45) is 5.73 Å². The van der Waals surface area contributed by atoms with E-state index in [0.29, 0.717) is 0 Å². The molecule has 0 aliphatic carbocycles. The normalized spacial score (nSPS) is 12.5. The highest BCUT2D eigenvalue weighted by molar-refractivity contribution is 7.80. The Morgan fingerprint density at radius 1 is 1.05 bits per heavy atom. The highest BCUT2D eigenvalue weighted by Gasteiger charge is 2.02. The van der Waals surface area contributed by atoms with Gasteiger partial charge in [0.25, 0.3) is 0 Å². The van der Waals surface area contributed by atoms with E-state index in [1.165, 1.54) is 10.8 Å². The molecule has 2 nitrogen and oxygen atoms in total. The topological polar surface area (TPSA) is 35.2 Å². The Balaban J connectivity index is 1.85. The molecular weight excluding hydrogens is 254 g/mol. The zero-order chi connectivity index (χ0) is 13.5. The Kier molecular flexibility index (Phi) is 5.55. The molecule has 102 valence electrons. The lowest BCUT2D eigenvalue weighted by Gasteiger charge is -2.10. The third kappa shape index (κ3) is 4.15. The van der Waals surface area contributed by atoms with Crippen LogP contribution < -0.4 is 10.5 Å². The summed E-state index contributed by atoms with van der Waals surface area (Å²) in [5, 5.41) is 2.40. The first-order chi connectivity index (χ1) is 9.31. The maximum atomic E-state index is 5.87.